The molecule has 3 aliphatic carbocycles. The van der Waals surface area contributed by atoms with Crippen LogP contribution in [0.25, 0.3) is 22.3 Å². The second-order valence-corrected chi connectivity index (χ2v) is 15.9. The Bertz CT molecular complexity index is 1850. The van der Waals surface area contributed by atoms with Crippen LogP contribution in [0.4, 0.5) is 30.7 Å². The summed E-state index contributed by atoms with van der Waals surface area (Å²) in [6, 6.07) is 4.23. The third-order valence-electron chi connectivity index (χ3n) is 11.6. The summed E-state index contributed by atoms with van der Waals surface area (Å²) in [6.45, 7) is 1.39. The number of hydrogen-bond donors (Lipinski definition) is 2. The number of carboxylic acid groups (broad SMARTS) is 1. The SMILES string of the molecule is CC(F)(F)CN1CCC(Oc2ccc3c(-c4ncc(C(=O)NC5CC6CC(C5)CC(C(=O)O)C6)c(C(F)(F)F)n4)cn(C4CCC(F)(F)CC4)c3c2)CC1. The third kappa shape index (κ3) is 8.63. The summed E-state index contributed by atoms with van der Waals surface area (Å²) in [5.41, 5.74) is -1.37. The van der Waals surface area contributed by atoms with Gasteiger partial charge in [-0.1, -0.05) is 0 Å². The van der Waals surface area contributed by atoms with Gasteiger partial charge in [-0.2, -0.15) is 13.2 Å². The van der Waals surface area contributed by atoms with Crippen molar-refractivity contribution in [3.8, 4) is 17.1 Å². The predicted octanol–water partition coefficient (Wildman–Crippen LogP) is 8.38. The molecule has 16 heteroatoms. The van der Waals surface area contributed by atoms with E-state index in [9.17, 15) is 45.4 Å². The van der Waals surface area contributed by atoms with Crippen LogP contribution in [0, 0.1) is 17.8 Å². The largest absolute Gasteiger partial charge is 0.490 e. The monoisotopic (exact) mass is 767 g/mol. The summed E-state index contributed by atoms with van der Waals surface area (Å²) in [5.74, 6) is -7.63. The highest BCUT2D eigenvalue weighted by atomic mass is 19.4. The summed E-state index contributed by atoms with van der Waals surface area (Å²) in [4.78, 5) is 34.8. The summed E-state index contributed by atoms with van der Waals surface area (Å²) >= 11 is 0. The van der Waals surface area contributed by atoms with E-state index in [0.717, 1.165) is 19.5 Å². The van der Waals surface area contributed by atoms with Gasteiger partial charge < -0.3 is 19.7 Å². The maximum absolute atomic E-state index is 14.6. The number of alkyl halides is 7. The Morgan fingerprint density at radius 2 is 1.65 bits per heavy atom. The number of fused-ring (bicyclic) bond motifs is 3. The second kappa shape index (κ2) is 14.6. The molecule has 9 nitrogen and oxygen atoms in total. The molecule has 2 N–H and O–H groups in total. The average molecular weight is 768 g/mol. The van der Waals surface area contributed by atoms with Crippen LogP contribution >= 0.6 is 0 Å². The highest BCUT2D eigenvalue weighted by Gasteiger charge is 2.42. The van der Waals surface area contributed by atoms with Crippen molar-refractivity contribution in [3.05, 3.63) is 41.9 Å². The van der Waals surface area contributed by atoms with E-state index in [-0.39, 0.29) is 67.6 Å². The van der Waals surface area contributed by atoms with Gasteiger partial charge in [0.05, 0.1) is 23.5 Å². The molecule has 2 bridgehead atoms. The van der Waals surface area contributed by atoms with Gasteiger partial charge in [-0.05, 0) is 81.8 Å². The number of aliphatic carboxylic acids is 1. The van der Waals surface area contributed by atoms with Gasteiger partial charge in [-0.3, -0.25) is 14.5 Å². The molecule has 2 aromatic heterocycles. The van der Waals surface area contributed by atoms with Crippen LogP contribution in [0.3, 0.4) is 0 Å². The quantitative estimate of drug-likeness (QED) is 0.211. The normalized spacial score (nSPS) is 25.8. The predicted molar refractivity (Wildman–Crippen MR) is 184 cm³/mol. The van der Waals surface area contributed by atoms with Crippen LogP contribution in [0.1, 0.15) is 99.6 Å². The van der Waals surface area contributed by atoms with E-state index >= 15 is 0 Å². The van der Waals surface area contributed by atoms with E-state index in [2.05, 4.69) is 15.3 Å². The molecule has 2 atom stereocenters. The van der Waals surface area contributed by atoms with Crippen molar-refractivity contribution >= 4 is 22.8 Å². The summed E-state index contributed by atoms with van der Waals surface area (Å²) < 4.78 is 107. The molecule has 54 heavy (non-hydrogen) atoms. The number of nitrogens with zero attached hydrogens (tertiary/aromatic N) is 4. The Morgan fingerprint density at radius 3 is 2.26 bits per heavy atom. The molecule has 1 aromatic carbocycles. The number of carboxylic acids is 1. The van der Waals surface area contributed by atoms with Gasteiger partial charge >= 0.3 is 12.1 Å². The molecular formula is C38H44F7N5O4. The number of rotatable bonds is 9. The first-order chi connectivity index (χ1) is 25.4. The number of ether oxygens (including phenoxy) is 1. The van der Waals surface area contributed by atoms with E-state index in [1.165, 1.54) is 0 Å². The van der Waals surface area contributed by atoms with E-state index in [0.29, 0.717) is 68.3 Å². The molecule has 4 fully saturated rings. The van der Waals surface area contributed by atoms with E-state index in [1.807, 2.05) is 0 Å². The zero-order valence-electron chi connectivity index (χ0n) is 29.9. The first-order valence-corrected chi connectivity index (χ1v) is 18.7. The van der Waals surface area contributed by atoms with Crippen LogP contribution in [-0.4, -0.2) is 80.0 Å². The molecule has 1 saturated heterocycles. The van der Waals surface area contributed by atoms with Crippen molar-refractivity contribution in [2.75, 3.05) is 19.6 Å². The number of aromatic nitrogens is 3. The van der Waals surface area contributed by atoms with Gasteiger partial charge in [0.2, 0.25) is 5.92 Å². The van der Waals surface area contributed by atoms with E-state index in [4.69, 9.17) is 4.74 Å². The molecule has 294 valence electrons. The van der Waals surface area contributed by atoms with Gasteiger partial charge in [-0.15, -0.1) is 0 Å². The number of likely N-dealkylation sites (tertiary alicyclic amines) is 1. The number of carbonyl (C=O) groups excluding carboxylic acids is 1. The third-order valence-corrected chi connectivity index (χ3v) is 11.6. The van der Waals surface area contributed by atoms with Crippen molar-refractivity contribution < 1.29 is 50.2 Å². The van der Waals surface area contributed by atoms with Gasteiger partial charge in [0.1, 0.15) is 11.9 Å². The van der Waals surface area contributed by atoms with Crippen LogP contribution in [0.2, 0.25) is 0 Å². The van der Waals surface area contributed by atoms with Gasteiger partial charge in [0, 0.05) is 74.3 Å². The zero-order valence-corrected chi connectivity index (χ0v) is 29.9. The molecule has 2 unspecified atom stereocenters. The minimum absolute atomic E-state index is 0.0536. The maximum Gasteiger partial charge on any atom is 0.434 e. The lowest BCUT2D eigenvalue weighted by atomic mass is 9.66. The summed E-state index contributed by atoms with van der Waals surface area (Å²) in [6.07, 6.45) is 0.483. The van der Waals surface area contributed by atoms with Crippen LogP contribution in [-0.2, 0) is 11.0 Å². The Morgan fingerprint density at radius 1 is 0.981 bits per heavy atom. The smallest absolute Gasteiger partial charge is 0.434 e. The van der Waals surface area contributed by atoms with Crippen LogP contribution in [0.5, 0.6) is 5.75 Å². The molecule has 3 heterocycles. The number of piperidine rings is 1. The lowest BCUT2D eigenvalue weighted by Gasteiger charge is -2.41. The molecule has 3 saturated carbocycles. The summed E-state index contributed by atoms with van der Waals surface area (Å²) in [7, 11) is 0. The standard InChI is InChI=1S/C38H44F7N5O4/c1-36(39,40)20-49-10-6-26(7-11-49)54-27-2-3-28-30(19-50(31(28)17-27)25-4-8-37(41,42)9-5-25)33-46-18-29(32(48-33)38(43,44)45)34(51)47-24-15-21-12-22(16-24)14-23(13-21)35(52)53/h2-3,17-19,21-26H,4-16,20H2,1H3,(H,47,51)(H,52,53). The van der Waals surface area contributed by atoms with Gasteiger partial charge in [0.15, 0.2) is 11.5 Å². The fourth-order valence-electron chi connectivity index (χ4n) is 9.19. The lowest BCUT2D eigenvalue weighted by Crippen LogP contribution is -2.44. The number of halogens is 7. The fraction of sp³-hybridized carbons (Fsp3) is 0.632. The molecular weight excluding hydrogens is 723 g/mol. The fourth-order valence-corrected chi connectivity index (χ4v) is 9.19. The van der Waals surface area contributed by atoms with Gasteiger partial charge in [0.25, 0.3) is 11.8 Å². The van der Waals surface area contributed by atoms with Crippen molar-refractivity contribution in [1.82, 2.24) is 24.8 Å². The van der Waals surface area contributed by atoms with Crippen molar-refractivity contribution in [2.24, 2.45) is 17.8 Å². The summed E-state index contributed by atoms with van der Waals surface area (Å²) in [5, 5.41) is 12.7. The second-order valence-electron chi connectivity index (χ2n) is 15.9. The van der Waals surface area contributed by atoms with Crippen molar-refractivity contribution in [3.63, 3.8) is 0 Å². The molecule has 7 rings (SSSR count). The van der Waals surface area contributed by atoms with Crippen molar-refractivity contribution in [2.45, 2.75) is 114 Å². The Balaban J connectivity index is 1.15. The number of benzene rings is 1. The minimum Gasteiger partial charge on any atom is -0.490 e. The Kier molecular flexibility index (Phi) is 10.4. The topological polar surface area (TPSA) is 110 Å². The van der Waals surface area contributed by atoms with Crippen LogP contribution in [0.15, 0.2) is 30.6 Å². The molecule has 1 aliphatic heterocycles. The number of nitrogens with one attached hydrogen (secondary N) is 1. The van der Waals surface area contributed by atoms with E-state index in [1.54, 1.807) is 33.9 Å². The number of amides is 1. The van der Waals surface area contributed by atoms with Gasteiger partial charge in [-0.25, -0.2) is 27.5 Å². The minimum atomic E-state index is -5.01. The molecule has 0 spiro atoms. The highest BCUT2D eigenvalue weighted by Crippen LogP contribution is 2.44. The van der Waals surface area contributed by atoms with E-state index < -0.39 is 53.1 Å². The maximum atomic E-state index is 14.6. The zero-order chi connectivity index (χ0) is 38.6. The van der Waals surface area contributed by atoms with Crippen molar-refractivity contribution in [1.29, 1.82) is 0 Å². The first kappa shape index (κ1) is 38.3. The first-order valence-electron chi connectivity index (χ1n) is 18.7. The Hall–Kier alpha value is -3.95. The molecule has 1 amide bonds. The molecule has 0 radical (unpaired) electrons. The molecule has 3 aromatic rings. The Labute approximate surface area is 307 Å². The number of hydrogen-bond acceptors (Lipinski definition) is 6. The van der Waals surface area contributed by atoms with Crippen LogP contribution < -0.4 is 10.1 Å². The number of carbonyl (C=O) groups is 2. The average Bonchev–Trinajstić information content (AvgIpc) is 3.46. The highest BCUT2D eigenvalue weighted by molar-refractivity contribution is 5.97. The lowest BCUT2D eigenvalue weighted by molar-refractivity contribution is -0.144. The molecule has 4 aliphatic rings.